The zero-order valence-electron chi connectivity index (χ0n) is 14.1. The first-order valence-electron chi connectivity index (χ1n) is 8.52. The van der Waals surface area contributed by atoms with Crippen molar-refractivity contribution in [2.45, 2.75) is 32.1 Å². The highest BCUT2D eigenvalue weighted by molar-refractivity contribution is 5.42. The lowest BCUT2D eigenvalue weighted by Gasteiger charge is -2.24. The second-order valence-electron chi connectivity index (χ2n) is 6.77. The number of hydrogen-bond acceptors (Lipinski definition) is 6. The van der Waals surface area contributed by atoms with Crippen LogP contribution in [-0.2, 0) is 23.5 Å². The van der Waals surface area contributed by atoms with Crippen molar-refractivity contribution in [2.75, 3.05) is 18.0 Å². The number of nitrogens with zero attached hydrogens (tertiary/aromatic N) is 5. The maximum atomic E-state index is 6.23. The van der Waals surface area contributed by atoms with Crippen molar-refractivity contribution in [3.8, 4) is 0 Å². The largest absolute Gasteiger partial charge is 0.467 e. The lowest BCUT2D eigenvalue weighted by molar-refractivity contribution is -0.0205. The van der Waals surface area contributed by atoms with Gasteiger partial charge in [-0.25, -0.2) is 4.68 Å². The minimum absolute atomic E-state index is 0.242. The second-order valence-corrected chi connectivity index (χ2v) is 6.77. The molecule has 25 heavy (non-hydrogen) atoms. The van der Waals surface area contributed by atoms with Gasteiger partial charge >= 0.3 is 0 Å². The molecule has 2 aromatic heterocycles. The van der Waals surface area contributed by atoms with E-state index in [0.29, 0.717) is 13.2 Å². The Bertz CT molecular complexity index is 918. The van der Waals surface area contributed by atoms with E-state index in [1.54, 1.807) is 10.9 Å². The summed E-state index contributed by atoms with van der Waals surface area (Å²) in [6.45, 7) is 4.87. The van der Waals surface area contributed by atoms with E-state index >= 15 is 0 Å². The Morgan fingerprint density at radius 1 is 1.24 bits per heavy atom. The van der Waals surface area contributed by atoms with Crippen molar-refractivity contribution in [3.63, 3.8) is 0 Å². The molecule has 7 heteroatoms. The van der Waals surface area contributed by atoms with Gasteiger partial charge in [0, 0.05) is 6.54 Å². The molecule has 1 saturated heterocycles. The molecular formula is C18H19N5O2. The Morgan fingerprint density at radius 3 is 3.04 bits per heavy atom. The van der Waals surface area contributed by atoms with Gasteiger partial charge < -0.3 is 14.1 Å². The molecule has 128 valence electrons. The fourth-order valence-electron chi connectivity index (χ4n) is 3.91. The van der Waals surface area contributed by atoms with Gasteiger partial charge in [-0.05, 0) is 46.5 Å². The summed E-state index contributed by atoms with van der Waals surface area (Å²) in [6.07, 6.45) is 2.64. The summed E-state index contributed by atoms with van der Waals surface area (Å²) < 4.78 is 13.6. The molecule has 1 unspecified atom stereocenters. The molecule has 0 bridgehead atoms. The molecule has 0 amide bonds. The lowest BCUT2D eigenvalue weighted by Crippen LogP contribution is -2.32. The summed E-state index contributed by atoms with van der Waals surface area (Å²) in [4.78, 5) is 2.21. The number of fused-ring (bicyclic) bond motifs is 2. The molecule has 3 aromatic rings. The number of rotatable bonds is 3. The molecule has 1 aromatic carbocycles. The van der Waals surface area contributed by atoms with Crippen LogP contribution in [0.2, 0.25) is 0 Å². The predicted molar refractivity (Wildman–Crippen MR) is 90.1 cm³/mol. The maximum absolute atomic E-state index is 6.23. The summed E-state index contributed by atoms with van der Waals surface area (Å²) in [5, 5.41) is 12.3. The third-order valence-electron chi connectivity index (χ3n) is 5.30. The minimum Gasteiger partial charge on any atom is -0.467 e. The molecule has 0 radical (unpaired) electrons. The van der Waals surface area contributed by atoms with Gasteiger partial charge in [-0.2, -0.15) is 0 Å². The Balaban J connectivity index is 1.42. The normalized spacial score (nSPS) is 22.0. The predicted octanol–water partition coefficient (Wildman–Crippen LogP) is 2.26. The fourth-order valence-corrected chi connectivity index (χ4v) is 3.91. The van der Waals surface area contributed by atoms with Crippen LogP contribution in [-0.4, -0.2) is 33.3 Å². The van der Waals surface area contributed by atoms with Crippen LogP contribution in [0, 0.1) is 6.92 Å². The second kappa shape index (κ2) is 5.42. The van der Waals surface area contributed by atoms with Gasteiger partial charge in [-0.15, -0.1) is 0 Å². The third kappa shape index (κ3) is 2.26. The Kier molecular flexibility index (Phi) is 3.18. The van der Waals surface area contributed by atoms with Crippen molar-refractivity contribution < 1.29 is 9.15 Å². The smallest absolute Gasteiger partial charge is 0.246 e. The van der Waals surface area contributed by atoms with Crippen molar-refractivity contribution in [2.24, 2.45) is 0 Å². The average Bonchev–Trinajstić information content (AvgIpc) is 3.39. The van der Waals surface area contributed by atoms with E-state index in [9.17, 15) is 0 Å². The van der Waals surface area contributed by atoms with Crippen LogP contribution in [0.4, 0.5) is 5.95 Å². The molecule has 0 aliphatic carbocycles. The van der Waals surface area contributed by atoms with Crippen molar-refractivity contribution >= 4 is 5.95 Å². The minimum atomic E-state index is -0.242. The van der Waals surface area contributed by atoms with E-state index in [4.69, 9.17) is 9.15 Å². The molecular weight excluding hydrogens is 318 g/mol. The van der Waals surface area contributed by atoms with Gasteiger partial charge in [0.15, 0.2) is 0 Å². The van der Waals surface area contributed by atoms with E-state index in [1.165, 1.54) is 11.1 Å². The quantitative estimate of drug-likeness (QED) is 0.730. The van der Waals surface area contributed by atoms with E-state index in [2.05, 4.69) is 44.7 Å². The highest BCUT2D eigenvalue weighted by Gasteiger charge is 2.46. The van der Waals surface area contributed by atoms with E-state index in [0.717, 1.165) is 36.8 Å². The Morgan fingerprint density at radius 2 is 2.16 bits per heavy atom. The molecule has 0 N–H and O–H groups in total. The number of aryl methyl sites for hydroxylation is 1. The maximum Gasteiger partial charge on any atom is 0.246 e. The summed E-state index contributed by atoms with van der Waals surface area (Å²) >= 11 is 0. The number of furan rings is 1. The van der Waals surface area contributed by atoms with Crippen molar-refractivity contribution in [1.82, 2.24) is 20.2 Å². The first-order valence-corrected chi connectivity index (χ1v) is 8.52. The Labute approximate surface area is 145 Å². The average molecular weight is 337 g/mol. The summed E-state index contributed by atoms with van der Waals surface area (Å²) in [6, 6.07) is 10.4. The first-order chi connectivity index (χ1) is 12.3. The topological polar surface area (TPSA) is 69.2 Å². The van der Waals surface area contributed by atoms with Gasteiger partial charge in [-0.3, -0.25) is 0 Å². The van der Waals surface area contributed by atoms with E-state index < -0.39 is 0 Å². The van der Waals surface area contributed by atoms with Gasteiger partial charge in [-0.1, -0.05) is 29.4 Å². The van der Waals surface area contributed by atoms with Crippen molar-refractivity contribution in [3.05, 3.63) is 59.0 Å². The molecule has 7 nitrogen and oxygen atoms in total. The van der Waals surface area contributed by atoms with Crippen LogP contribution in [0.15, 0.2) is 41.0 Å². The summed E-state index contributed by atoms with van der Waals surface area (Å²) in [5.74, 6) is 1.64. The highest BCUT2D eigenvalue weighted by Crippen LogP contribution is 2.43. The monoisotopic (exact) mass is 337 g/mol. The SMILES string of the molecule is Cc1ccoc1Cn1nnnc1N1CCC2(C1)OCc1ccccc12. The van der Waals surface area contributed by atoms with Crippen LogP contribution < -0.4 is 4.90 Å². The highest BCUT2D eigenvalue weighted by atomic mass is 16.5. The first kappa shape index (κ1) is 14.7. The molecule has 1 atom stereocenters. The lowest BCUT2D eigenvalue weighted by atomic mass is 9.92. The zero-order chi connectivity index (χ0) is 16.9. The van der Waals surface area contributed by atoms with Crippen molar-refractivity contribution in [1.29, 1.82) is 0 Å². The summed E-state index contributed by atoms with van der Waals surface area (Å²) in [5.41, 5.74) is 3.45. The van der Waals surface area contributed by atoms with E-state index in [1.807, 2.05) is 13.0 Å². The number of aromatic nitrogens is 4. The van der Waals surface area contributed by atoms with Crippen LogP contribution in [0.1, 0.15) is 28.9 Å². The standard InChI is InChI=1S/C18H19N5O2/c1-13-6-9-24-16(13)10-23-17(19-20-21-23)22-8-7-18(12-22)15-5-3-2-4-14(15)11-25-18/h2-6,9H,7-8,10-12H2,1H3. The number of ether oxygens (including phenoxy) is 1. The molecule has 5 rings (SSSR count). The summed E-state index contributed by atoms with van der Waals surface area (Å²) in [7, 11) is 0. The van der Waals surface area contributed by atoms with Gasteiger partial charge in [0.25, 0.3) is 0 Å². The molecule has 2 aliphatic rings. The Hall–Kier alpha value is -2.67. The number of tetrazole rings is 1. The molecule has 0 saturated carbocycles. The number of anilines is 1. The van der Waals surface area contributed by atoms with E-state index in [-0.39, 0.29) is 5.60 Å². The molecule has 1 spiro atoms. The van der Waals surface area contributed by atoms with Gasteiger partial charge in [0.05, 0.1) is 19.4 Å². The van der Waals surface area contributed by atoms with Gasteiger partial charge in [0.2, 0.25) is 5.95 Å². The molecule has 1 fully saturated rings. The van der Waals surface area contributed by atoms with Crippen LogP contribution in [0.25, 0.3) is 0 Å². The third-order valence-corrected chi connectivity index (χ3v) is 5.30. The zero-order valence-corrected chi connectivity index (χ0v) is 14.1. The van der Waals surface area contributed by atoms with Crippen LogP contribution >= 0.6 is 0 Å². The van der Waals surface area contributed by atoms with Crippen LogP contribution in [0.5, 0.6) is 0 Å². The molecule has 4 heterocycles. The fraction of sp³-hybridized carbons (Fsp3) is 0.389. The number of benzene rings is 1. The van der Waals surface area contributed by atoms with Crippen LogP contribution in [0.3, 0.4) is 0 Å². The van der Waals surface area contributed by atoms with Gasteiger partial charge in [0.1, 0.15) is 17.9 Å². The molecule has 2 aliphatic heterocycles. The number of hydrogen-bond donors (Lipinski definition) is 0.